The Morgan fingerprint density at radius 2 is 1.88 bits per heavy atom. The summed E-state index contributed by atoms with van der Waals surface area (Å²) in [5.74, 6) is -1.31. The molecule has 0 spiro atoms. The molecule has 0 aliphatic carbocycles. The van der Waals surface area contributed by atoms with E-state index in [9.17, 15) is 14.7 Å². The van der Waals surface area contributed by atoms with Gasteiger partial charge in [0.05, 0.1) is 21.7 Å². The van der Waals surface area contributed by atoms with Gasteiger partial charge in [-0.2, -0.15) is 0 Å². The van der Waals surface area contributed by atoms with E-state index in [2.05, 4.69) is 4.90 Å². The standard InChI is InChI=1S/C18H20Cl2N2O3/c1-11(23)15-16(12-4-5-13(19)14(20)10-12)22(18(25)17(15)24)9-8-21-6-2-3-7-21/h4-5,10,16,24H,2-3,6-9H2,1H3. The van der Waals surface area contributed by atoms with Crippen molar-refractivity contribution in [2.75, 3.05) is 26.2 Å². The van der Waals surface area contributed by atoms with Crippen molar-refractivity contribution < 1.29 is 14.7 Å². The van der Waals surface area contributed by atoms with E-state index < -0.39 is 17.7 Å². The van der Waals surface area contributed by atoms with Crippen molar-refractivity contribution in [3.05, 3.63) is 45.1 Å². The molecule has 0 bridgehead atoms. The first-order valence-corrected chi connectivity index (χ1v) is 9.08. The Kier molecular flexibility index (Phi) is 5.37. The number of rotatable bonds is 5. The number of aliphatic hydroxyl groups is 1. The van der Waals surface area contributed by atoms with Crippen LogP contribution >= 0.6 is 23.2 Å². The molecule has 0 aromatic heterocycles. The molecular weight excluding hydrogens is 363 g/mol. The van der Waals surface area contributed by atoms with Crippen LogP contribution in [-0.4, -0.2) is 52.8 Å². The fourth-order valence-corrected chi connectivity index (χ4v) is 3.83. The molecule has 1 atom stereocenters. The third-order valence-electron chi connectivity index (χ3n) is 4.80. The highest BCUT2D eigenvalue weighted by Crippen LogP contribution is 2.39. The number of hydrogen-bond acceptors (Lipinski definition) is 4. The molecule has 2 aliphatic rings. The number of amides is 1. The minimum Gasteiger partial charge on any atom is -0.503 e. The Balaban J connectivity index is 1.92. The van der Waals surface area contributed by atoms with Crippen LogP contribution in [0.25, 0.3) is 0 Å². The first-order chi connectivity index (χ1) is 11.9. The second kappa shape index (κ2) is 7.36. The molecule has 7 heteroatoms. The zero-order chi connectivity index (χ0) is 18.1. The second-order valence-electron chi connectivity index (χ2n) is 6.44. The topological polar surface area (TPSA) is 60.9 Å². The molecule has 0 radical (unpaired) electrons. The van der Waals surface area contributed by atoms with E-state index in [0.717, 1.165) is 25.9 Å². The number of aliphatic hydroxyl groups excluding tert-OH is 1. The van der Waals surface area contributed by atoms with Gasteiger partial charge < -0.3 is 14.9 Å². The van der Waals surface area contributed by atoms with E-state index >= 15 is 0 Å². The van der Waals surface area contributed by atoms with Crippen LogP contribution in [0.5, 0.6) is 0 Å². The van der Waals surface area contributed by atoms with Crippen LogP contribution in [0, 0.1) is 0 Å². The summed E-state index contributed by atoms with van der Waals surface area (Å²) in [6.45, 7) is 4.52. The maximum Gasteiger partial charge on any atom is 0.290 e. The van der Waals surface area contributed by atoms with Crippen LogP contribution in [0.1, 0.15) is 31.4 Å². The van der Waals surface area contributed by atoms with E-state index in [1.807, 2.05) is 0 Å². The van der Waals surface area contributed by atoms with Gasteiger partial charge >= 0.3 is 0 Å². The largest absolute Gasteiger partial charge is 0.503 e. The molecule has 1 unspecified atom stereocenters. The number of likely N-dealkylation sites (tertiary alicyclic amines) is 1. The highest BCUT2D eigenvalue weighted by molar-refractivity contribution is 6.42. The van der Waals surface area contributed by atoms with Gasteiger partial charge in [0.15, 0.2) is 11.5 Å². The summed E-state index contributed by atoms with van der Waals surface area (Å²) >= 11 is 12.1. The lowest BCUT2D eigenvalue weighted by atomic mass is 9.97. The molecule has 1 saturated heterocycles. The van der Waals surface area contributed by atoms with Crippen LogP contribution in [0.2, 0.25) is 10.0 Å². The summed E-state index contributed by atoms with van der Waals surface area (Å²) in [5, 5.41) is 11.0. The van der Waals surface area contributed by atoms with Crippen LogP contribution in [0.4, 0.5) is 0 Å². The first-order valence-electron chi connectivity index (χ1n) is 8.32. The number of carbonyl (C=O) groups is 2. The molecule has 1 amide bonds. The first kappa shape index (κ1) is 18.2. The monoisotopic (exact) mass is 382 g/mol. The second-order valence-corrected chi connectivity index (χ2v) is 7.26. The van der Waals surface area contributed by atoms with Crippen molar-refractivity contribution in [1.82, 2.24) is 9.80 Å². The van der Waals surface area contributed by atoms with Crippen molar-refractivity contribution in [2.45, 2.75) is 25.8 Å². The van der Waals surface area contributed by atoms with E-state index in [4.69, 9.17) is 23.2 Å². The van der Waals surface area contributed by atoms with Gasteiger partial charge in [0, 0.05) is 13.1 Å². The summed E-state index contributed by atoms with van der Waals surface area (Å²) in [4.78, 5) is 28.5. The molecule has 3 rings (SSSR count). The summed E-state index contributed by atoms with van der Waals surface area (Å²) in [6, 6.07) is 4.38. The quantitative estimate of drug-likeness (QED) is 0.847. The van der Waals surface area contributed by atoms with E-state index in [0.29, 0.717) is 28.7 Å². The zero-order valence-electron chi connectivity index (χ0n) is 14.0. The minimum atomic E-state index is -0.637. The predicted molar refractivity (Wildman–Crippen MR) is 96.9 cm³/mol. The van der Waals surface area contributed by atoms with Gasteiger partial charge in [-0.15, -0.1) is 0 Å². The predicted octanol–water partition coefficient (Wildman–Crippen LogP) is 3.37. The van der Waals surface area contributed by atoms with Crippen LogP contribution in [0.15, 0.2) is 29.5 Å². The minimum absolute atomic E-state index is 0.116. The number of ketones is 1. The lowest BCUT2D eigenvalue weighted by Crippen LogP contribution is -2.37. The Bertz CT molecular complexity index is 742. The molecule has 134 valence electrons. The summed E-state index contributed by atoms with van der Waals surface area (Å²) < 4.78 is 0. The molecule has 1 aromatic carbocycles. The fraction of sp³-hybridized carbons (Fsp3) is 0.444. The van der Waals surface area contributed by atoms with Gasteiger partial charge in [0.2, 0.25) is 0 Å². The summed E-state index contributed by atoms with van der Waals surface area (Å²) in [5.41, 5.74) is 0.781. The van der Waals surface area contributed by atoms with Gasteiger partial charge in [-0.1, -0.05) is 29.3 Å². The van der Waals surface area contributed by atoms with Crippen LogP contribution in [-0.2, 0) is 9.59 Å². The SMILES string of the molecule is CC(=O)C1=C(O)C(=O)N(CCN2CCCC2)C1c1ccc(Cl)c(Cl)c1. The number of nitrogens with zero attached hydrogens (tertiary/aromatic N) is 2. The Hall–Kier alpha value is -1.56. The molecular formula is C18H20Cl2N2O3. The van der Waals surface area contributed by atoms with Crippen LogP contribution in [0.3, 0.4) is 0 Å². The Morgan fingerprint density at radius 1 is 1.20 bits per heavy atom. The summed E-state index contributed by atoms with van der Waals surface area (Å²) in [7, 11) is 0. The molecule has 25 heavy (non-hydrogen) atoms. The molecule has 1 fully saturated rings. The van der Waals surface area contributed by atoms with Gasteiger partial charge in [0.25, 0.3) is 5.91 Å². The van der Waals surface area contributed by atoms with Crippen LogP contribution < -0.4 is 0 Å². The molecule has 5 nitrogen and oxygen atoms in total. The molecule has 2 aliphatic heterocycles. The number of halogens is 2. The maximum absolute atomic E-state index is 12.5. The van der Waals surface area contributed by atoms with E-state index in [1.54, 1.807) is 23.1 Å². The molecule has 1 aromatic rings. The normalized spacial score (nSPS) is 21.5. The van der Waals surface area contributed by atoms with Crippen molar-refractivity contribution in [1.29, 1.82) is 0 Å². The molecule has 1 N–H and O–H groups in total. The maximum atomic E-state index is 12.5. The average Bonchev–Trinajstić information content (AvgIpc) is 3.16. The van der Waals surface area contributed by atoms with Gasteiger partial charge in [-0.25, -0.2) is 0 Å². The Labute approximate surface area is 156 Å². The van der Waals surface area contributed by atoms with E-state index in [-0.39, 0.29) is 11.4 Å². The number of hydrogen-bond donors (Lipinski definition) is 1. The van der Waals surface area contributed by atoms with Gasteiger partial charge in [-0.05, 0) is 50.6 Å². The molecule has 2 heterocycles. The van der Waals surface area contributed by atoms with Crippen molar-refractivity contribution in [2.24, 2.45) is 0 Å². The van der Waals surface area contributed by atoms with E-state index in [1.165, 1.54) is 6.92 Å². The highest BCUT2D eigenvalue weighted by atomic mass is 35.5. The van der Waals surface area contributed by atoms with Crippen molar-refractivity contribution >= 4 is 34.9 Å². The third-order valence-corrected chi connectivity index (χ3v) is 5.54. The van der Waals surface area contributed by atoms with Gasteiger partial charge in [-0.3, -0.25) is 9.59 Å². The number of carbonyl (C=O) groups excluding carboxylic acids is 2. The lowest BCUT2D eigenvalue weighted by Gasteiger charge is -2.28. The fourth-order valence-electron chi connectivity index (χ4n) is 3.53. The molecule has 0 saturated carbocycles. The smallest absolute Gasteiger partial charge is 0.290 e. The zero-order valence-corrected chi connectivity index (χ0v) is 15.5. The third kappa shape index (κ3) is 3.54. The highest BCUT2D eigenvalue weighted by Gasteiger charge is 2.42. The van der Waals surface area contributed by atoms with Crippen molar-refractivity contribution in [3.63, 3.8) is 0 Å². The average molecular weight is 383 g/mol. The lowest BCUT2D eigenvalue weighted by molar-refractivity contribution is -0.129. The van der Waals surface area contributed by atoms with Crippen molar-refractivity contribution in [3.8, 4) is 0 Å². The Morgan fingerprint density at radius 3 is 2.48 bits per heavy atom. The van der Waals surface area contributed by atoms with Gasteiger partial charge in [0.1, 0.15) is 0 Å². The summed E-state index contributed by atoms with van der Waals surface area (Å²) in [6.07, 6.45) is 2.32. The number of Topliss-reactive ketones (excluding diaryl/α,β-unsaturated/α-hetero) is 1. The number of benzene rings is 1.